The number of rotatable bonds is 5. The highest BCUT2D eigenvalue weighted by Gasteiger charge is 2.32. The number of aryl methyl sites for hydroxylation is 2. The first kappa shape index (κ1) is 32.0. The first-order valence-electron chi connectivity index (χ1n) is 15.0. The largest absolute Gasteiger partial charge is 0.475 e. The Morgan fingerprint density at radius 3 is 2.40 bits per heavy atom. The molecule has 1 aliphatic heterocycles. The molecule has 1 aliphatic rings. The van der Waals surface area contributed by atoms with Crippen molar-refractivity contribution < 1.29 is 17.9 Å². The lowest BCUT2D eigenvalue weighted by atomic mass is 9.87. The Bertz CT molecular complexity index is 1810. The number of carbonyl (C=O) groups excluding carboxylic acids is 1. The van der Waals surface area contributed by atoms with E-state index in [1.165, 1.54) is 12.1 Å². The summed E-state index contributed by atoms with van der Waals surface area (Å²) in [6.45, 7) is 14.6. The van der Waals surface area contributed by atoms with Gasteiger partial charge in [-0.2, -0.15) is 4.98 Å². The van der Waals surface area contributed by atoms with Gasteiger partial charge in [-0.1, -0.05) is 58.9 Å². The zero-order valence-electron chi connectivity index (χ0n) is 26.8. The number of nitrogens with one attached hydrogen (secondary N) is 1. The molecule has 4 bridgehead atoms. The highest BCUT2D eigenvalue weighted by Crippen LogP contribution is 2.31. The lowest BCUT2D eigenvalue weighted by Gasteiger charge is -2.35. The van der Waals surface area contributed by atoms with Crippen LogP contribution in [0.1, 0.15) is 80.0 Å². The van der Waals surface area contributed by atoms with Crippen LogP contribution in [0.5, 0.6) is 5.88 Å². The molecule has 0 spiro atoms. The predicted octanol–water partition coefficient (Wildman–Crippen LogP) is 6.31. The van der Waals surface area contributed by atoms with Gasteiger partial charge in [0.25, 0.3) is 15.9 Å². The maximum atomic E-state index is 14.3. The molecule has 2 aromatic heterocycles. The maximum Gasteiger partial charge on any atom is 0.264 e. The highest BCUT2D eigenvalue weighted by molar-refractivity contribution is 7.92. The lowest BCUT2D eigenvalue weighted by Crippen LogP contribution is -2.45. The van der Waals surface area contributed by atoms with Crippen LogP contribution in [0.4, 0.5) is 5.95 Å². The van der Waals surface area contributed by atoms with E-state index in [0.717, 1.165) is 22.4 Å². The van der Waals surface area contributed by atoms with E-state index in [-0.39, 0.29) is 52.7 Å². The minimum Gasteiger partial charge on any atom is -0.475 e. The smallest absolute Gasteiger partial charge is 0.264 e. The van der Waals surface area contributed by atoms with E-state index < -0.39 is 16.1 Å². The van der Waals surface area contributed by atoms with Crippen molar-refractivity contribution in [2.24, 2.45) is 5.41 Å². The predicted molar refractivity (Wildman–Crippen MR) is 174 cm³/mol. The molecule has 1 N–H and O–H groups in total. The van der Waals surface area contributed by atoms with Crippen molar-refractivity contribution in [1.29, 1.82) is 0 Å². The number of amides is 1. The van der Waals surface area contributed by atoms with Crippen LogP contribution >= 0.6 is 0 Å². The number of sulfonamides is 1. The van der Waals surface area contributed by atoms with Gasteiger partial charge in [0.1, 0.15) is 12.4 Å². The summed E-state index contributed by atoms with van der Waals surface area (Å²) < 4.78 is 36.1. The molecule has 3 heterocycles. The van der Waals surface area contributed by atoms with E-state index in [2.05, 4.69) is 54.3 Å². The van der Waals surface area contributed by atoms with Crippen molar-refractivity contribution >= 4 is 21.9 Å². The number of ether oxygens (including phenoxy) is 1. The lowest BCUT2D eigenvalue weighted by molar-refractivity contribution is 0.0505. The summed E-state index contributed by atoms with van der Waals surface area (Å²) in [6.07, 6.45) is 2.29. The third-order valence-electron chi connectivity index (χ3n) is 7.66. The molecule has 0 saturated heterocycles. The molecule has 0 saturated carbocycles. The Labute approximate surface area is 265 Å². The van der Waals surface area contributed by atoms with Gasteiger partial charge in [0, 0.05) is 29.1 Å². The first-order chi connectivity index (χ1) is 21.2. The Kier molecular flexibility index (Phi) is 8.93. The summed E-state index contributed by atoms with van der Waals surface area (Å²) in [4.78, 5) is 34.2. The summed E-state index contributed by atoms with van der Waals surface area (Å²) in [6, 6.07) is 15.1. The molecule has 0 unspecified atom stereocenters. The zero-order valence-corrected chi connectivity index (χ0v) is 27.6. The van der Waals surface area contributed by atoms with Crippen molar-refractivity contribution in [2.75, 3.05) is 11.3 Å². The van der Waals surface area contributed by atoms with Crippen LogP contribution in [-0.2, 0) is 16.6 Å². The second kappa shape index (κ2) is 12.5. The van der Waals surface area contributed by atoms with Gasteiger partial charge in [0.2, 0.25) is 11.8 Å². The molecule has 45 heavy (non-hydrogen) atoms. The van der Waals surface area contributed by atoms with Crippen molar-refractivity contribution in [1.82, 2.24) is 24.8 Å². The monoisotopic (exact) mass is 628 g/mol. The Morgan fingerprint density at radius 1 is 1.00 bits per heavy atom. The fourth-order valence-electron chi connectivity index (χ4n) is 5.51. The third-order valence-corrected chi connectivity index (χ3v) is 8.99. The third kappa shape index (κ3) is 7.47. The Hall–Kier alpha value is -4.38. The first-order valence-corrected chi connectivity index (χ1v) is 16.5. The van der Waals surface area contributed by atoms with Gasteiger partial charge in [-0.15, -0.1) is 0 Å². The van der Waals surface area contributed by atoms with Crippen LogP contribution in [-0.4, -0.2) is 51.8 Å². The quantitative estimate of drug-likeness (QED) is 0.272. The molecule has 1 atom stereocenters. The van der Waals surface area contributed by atoms with E-state index in [1.54, 1.807) is 29.3 Å². The Morgan fingerprint density at radius 2 is 1.71 bits per heavy atom. The molecule has 0 radical (unpaired) electrons. The molecule has 10 nitrogen and oxygen atoms in total. The normalized spacial score (nSPS) is 16.7. The van der Waals surface area contributed by atoms with E-state index >= 15 is 0 Å². The summed E-state index contributed by atoms with van der Waals surface area (Å²) in [7, 11) is -4.16. The number of nitrogens with zero attached hydrogens (tertiary/aromatic N) is 5. The SMILES string of the molecule is Cc1cccc(C)c1-c1cc2nc(n1)NS(=O)(=O)c1cccc(c1)C(=O)N(Cc1nccc(C(C)C)n1)[C@H](CC(C)(C)C)CO2. The van der Waals surface area contributed by atoms with Crippen LogP contribution in [0.2, 0.25) is 0 Å². The van der Waals surface area contributed by atoms with Crippen LogP contribution in [0.15, 0.2) is 65.7 Å². The van der Waals surface area contributed by atoms with Crippen molar-refractivity contribution in [2.45, 2.75) is 78.3 Å². The average Bonchev–Trinajstić information content (AvgIpc) is 2.97. The van der Waals surface area contributed by atoms with Gasteiger partial charge in [-0.3, -0.25) is 4.79 Å². The maximum absolute atomic E-state index is 14.3. The molecule has 4 aromatic rings. The molecular weight excluding hydrogens is 588 g/mol. The molecule has 5 rings (SSSR count). The molecule has 236 valence electrons. The molecule has 0 fully saturated rings. The molecule has 0 aliphatic carbocycles. The van der Waals surface area contributed by atoms with Crippen LogP contribution in [0.25, 0.3) is 11.3 Å². The topological polar surface area (TPSA) is 127 Å². The number of fused-ring (bicyclic) bond motifs is 4. The summed E-state index contributed by atoms with van der Waals surface area (Å²) in [5.74, 6) is 0.389. The highest BCUT2D eigenvalue weighted by atomic mass is 32.2. The fourth-order valence-corrected chi connectivity index (χ4v) is 6.50. The van der Waals surface area contributed by atoms with Gasteiger partial charge in [-0.05, 0) is 67.0 Å². The zero-order chi connectivity index (χ0) is 32.5. The fraction of sp³-hybridized carbons (Fsp3) is 0.382. The number of hydrogen-bond donors (Lipinski definition) is 1. The molecule has 11 heteroatoms. The number of hydrogen-bond acceptors (Lipinski definition) is 8. The Balaban J connectivity index is 1.68. The van der Waals surface area contributed by atoms with Crippen LogP contribution in [0, 0.1) is 19.3 Å². The van der Waals surface area contributed by atoms with Crippen molar-refractivity contribution in [3.63, 3.8) is 0 Å². The number of carbonyl (C=O) groups is 1. The van der Waals surface area contributed by atoms with Gasteiger partial charge < -0.3 is 9.64 Å². The van der Waals surface area contributed by atoms with Crippen molar-refractivity contribution in [3.05, 3.63) is 89.0 Å². The molecule has 1 amide bonds. The van der Waals surface area contributed by atoms with Gasteiger partial charge in [0.05, 0.1) is 23.2 Å². The average molecular weight is 629 g/mol. The second-order valence-electron chi connectivity index (χ2n) is 13.0. The van der Waals surface area contributed by atoms with Crippen LogP contribution in [0.3, 0.4) is 0 Å². The minimum atomic E-state index is -4.16. The van der Waals surface area contributed by atoms with Crippen LogP contribution < -0.4 is 9.46 Å². The summed E-state index contributed by atoms with van der Waals surface area (Å²) >= 11 is 0. The van der Waals surface area contributed by atoms with E-state index in [0.29, 0.717) is 17.9 Å². The van der Waals surface area contributed by atoms with Crippen molar-refractivity contribution in [3.8, 4) is 17.1 Å². The number of aromatic nitrogens is 4. The van der Waals surface area contributed by atoms with Gasteiger partial charge in [-0.25, -0.2) is 28.1 Å². The van der Waals surface area contributed by atoms with Gasteiger partial charge >= 0.3 is 0 Å². The van der Waals surface area contributed by atoms with E-state index in [4.69, 9.17) is 9.72 Å². The second-order valence-corrected chi connectivity index (χ2v) is 14.7. The van der Waals surface area contributed by atoms with Gasteiger partial charge in [0.15, 0.2) is 0 Å². The number of anilines is 1. The minimum absolute atomic E-state index is 0.0819. The summed E-state index contributed by atoms with van der Waals surface area (Å²) in [5, 5.41) is 0. The van der Waals surface area contributed by atoms with E-state index in [9.17, 15) is 13.2 Å². The molecular formula is C34H40N6O4S. The number of benzene rings is 2. The molecule has 2 aromatic carbocycles. The standard InChI is InChI=1S/C34H40N6O4S/c1-21(2)27-14-15-35-29(36-27)19-40-25(18-34(5,6)7)20-44-30-17-28(31-22(3)10-8-11-23(31)4)37-33(38-30)39-45(42,43)26-13-9-12-24(16-26)32(40)41/h8-17,21,25H,18-20H2,1-7H3,(H,37,38,39)/t25-/m1/s1. The summed E-state index contributed by atoms with van der Waals surface area (Å²) in [5.41, 5.74) is 4.25. The van der Waals surface area contributed by atoms with E-state index in [1.807, 2.05) is 38.1 Å².